The van der Waals surface area contributed by atoms with Crippen molar-refractivity contribution >= 4 is 27.6 Å². The van der Waals surface area contributed by atoms with Crippen LogP contribution in [0.2, 0.25) is 0 Å². The van der Waals surface area contributed by atoms with Gasteiger partial charge in [0.05, 0.1) is 10.3 Å². The Bertz CT molecular complexity index is 842. The Balaban J connectivity index is 2.85. The number of aromatic nitrogens is 1. The van der Waals surface area contributed by atoms with Crippen LogP contribution in [0.4, 0.5) is 13.2 Å². The molecule has 0 saturated heterocycles. The van der Waals surface area contributed by atoms with E-state index in [-0.39, 0.29) is 5.56 Å². The van der Waals surface area contributed by atoms with E-state index in [0.29, 0.717) is 16.5 Å². The third kappa shape index (κ3) is 3.41. The fourth-order valence-corrected chi connectivity index (χ4v) is 3.31. The van der Waals surface area contributed by atoms with E-state index in [1.165, 1.54) is 0 Å². The highest BCUT2D eigenvalue weighted by Crippen LogP contribution is 2.33. The highest BCUT2D eigenvalue weighted by molar-refractivity contribution is 7.85. The first kappa shape index (κ1) is 18.7. The molecule has 0 spiro atoms. The molecule has 0 saturated carbocycles. The fourth-order valence-electron chi connectivity index (χ4n) is 2.67. The molecule has 0 aliphatic heterocycles. The Morgan fingerprint density at radius 3 is 2.25 bits per heavy atom. The summed E-state index contributed by atoms with van der Waals surface area (Å²) in [5, 5.41) is 0.469. The van der Waals surface area contributed by atoms with Gasteiger partial charge in [0.1, 0.15) is 11.0 Å². The lowest BCUT2D eigenvalue weighted by Crippen LogP contribution is -2.29. The number of halogens is 3. The van der Waals surface area contributed by atoms with E-state index < -0.39 is 27.6 Å². The van der Waals surface area contributed by atoms with Crippen LogP contribution >= 0.6 is 0 Å². The van der Waals surface area contributed by atoms with Gasteiger partial charge in [-0.1, -0.05) is 6.07 Å². The summed E-state index contributed by atoms with van der Waals surface area (Å²) < 4.78 is 57.8. The number of hydrogen-bond donors (Lipinski definition) is 0. The summed E-state index contributed by atoms with van der Waals surface area (Å²) in [6.45, 7) is 8.27. The molecule has 0 radical (unpaired) electrons. The molecule has 0 aliphatic rings. The van der Waals surface area contributed by atoms with Crippen molar-refractivity contribution < 1.29 is 17.4 Å². The zero-order chi connectivity index (χ0) is 18.4. The van der Waals surface area contributed by atoms with Gasteiger partial charge >= 0.3 is 6.18 Å². The molecule has 2 aromatic rings. The smallest absolute Gasteiger partial charge is 0.350 e. The minimum absolute atomic E-state index is 0.00120. The van der Waals surface area contributed by atoms with Crippen LogP contribution in [0.5, 0.6) is 0 Å². The normalized spacial score (nSPS) is 15.1. The van der Waals surface area contributed by atoms with Crippen molar-refractivity contribution in [3.8, 4) is 0 Å². The lowest BCUT2D eigenvalue weighted by atomic mass is 9.96. The van der Waals surface area contributed by atoms with Crippen molar-refractivity contribution in [1.29, 1.82) is 0 Å². The summed E-state index contributed by atoms with van der Waals surface area (Å²) in [7, 11) is -0.219. The first-order valence-electron chi connectivity index (χ1n) is 7.47. The zero-order valence-electron chi connectivity index (χ0n) is 14.6. The third-order valence-electron chi connectivity index (χ3n) is 3.75. The summed E-state index contributed by atoms with van der Waals surface area (Å²) >= 11 is 0. The Morgan fingerprint density at radius 1 is 1.17 bits per heavy atom. The molecule has 24 heavy (non-hydrogen) atoms. The van der Waals surface area contributed by atoms with Crippen molar-refractivity contribution in [3.05, 3.63) is 35.0 Å². The minimum Gasteiger partial charge on any atom is -0.350 e. The van der Waals surface area contributed by atoms with Gasteiger partial charge in [0, 0.05) is 24.2 Å². The van der Waals surface area contributed by atoms with Crippen molar-refractivity contribution in [3.63, 3.8) is 0 Å². The Hall–Kier alpha value is -1.63. The molecule has 0 amide bonds. The molecule has 2 rings (SSSR count). The van der Waals surface area contributed by atoms with Crippen LogP contribution in [0.25, 0.3) is 10.9 Å². The van der Waals surface area contributed by atoms with Crippen molar-refractivity contribution in [2.24, 2.45) is 11.4 Å². The van der Waals surface area contributed by atoms with E-state index in [0.717, 1.165) is 5.56 Å². The number of benzene rings is 1. The maximum absolute atomic E-state index is 13.7. The molecule has 1 heterocycles. The largest absolute Gasteiger partial charge is 0.434 e. The quantitative estimate of drug-likeness (QED) is 0.722. The maximum Gasteiger partial charge on any atom is 0.434 e. The van der Waals surface area contributed by atoms with Crippen LogP contribution in [0.15, 0.2) is 22.7 Å². The van der Waals surface area contributed by atoms with Gasteiger partial charge in [0.25, 0.3) is 0 Å². The second-order valence-corrected chi connectivity index (χ2v) is 8.78. The average Bonchev–Trinajstić information content (AvgIpc) is 2.77. The Kier molecular flexibility index (Phi) is 4.69. The van der Waals surface area contributed by atoms with Gasteiger partial charge < -0.3 is 4.57 Å². The molecule has 1 aromatic carbocycles. The first-order valence-corrected chi connectivity index (χ1v) is 8.58. The lowest BCUT2D eigenvalue weighted by molar-refractivity contribution is -0.0578. The molecule has 1 aromatic heterocycles. The minimum atomic E-state index is -4.69. The van der Waals surface area contributed by atoms with E-state index >= 15 is 0 Å². The molecule has 0 N–H and O–H groups in total. The Labute approximate surface area is 142 Å². The second kappa shape index (κ2) is 6.02. The predicted molar refractivity (Wildman–Crippen MR) is 92.9 cm³/mol. The molecule has 1 atom stereocenters. The SMILES string of the molecule is Cc1cc(C)c2c(ccn2C)c1C(=NS(=O)C(C)(C)C)C(F)(F)F. The number of aryl methyl sites for hydroxylation is 3. The van der Waals surface area contributed by atoms with Crippen LogP contribution in [0, 0.1) is 13.8 Å². The molecular formula is C17H21F3N2OS. The number of rotatable bonds is 2. The van der Waals surface area contributed by atoms with Gasteiger partial charge in [-0.25, -0.2) is 4.21 Å². The Morgan fingerprint density at radius 2 is 1.75 bits per heavy atom. The van der Waals surface area contributed by atoms with Crippen LogP contribution in [-0.4, -0.2) is 25.4 Å². The van der Waals surface area contributed by atoms with E-state index in [9.17, 15) is 17.4 Å². The van der Waals surface area contributed by atoms with Crippen molar-refractivity contribution in [2.45, 2.75) is 45.5 Å². The van der Waals surface area contributed by atoms with Crippen LogP contribution in [-0.2, 0) is 18.0 Å². The molecule has 0 aliphatic carbocycles. The summed E-state index contributed by atoms with van der Waals surface area (Å²) in [5.74, 6) is 0. The van der Waals surface area contributed by atoms with Crippen molar-refractivity contribution in [1.82, 2.24) is 4.57 Å². The molecule has 132 valence electrons. The summed E-state index contributed by atoms with van der Waals surface area (Å²) in [5.41, 5.74) is 0.991. The topological polar surface area (TPSA) is 34.4 Å². The molecule has 7 heteroatoms. The van der Waals surface area contributed by atoms with E-state index in [2.05, 4.69) is 4.40 Å². The standard InChI is InChI=1S/C17H21F3N2OS/c1-10-9-11(2)14-12(7-8-22(14)6)13(10)15(17(18,19)20)21-24(23)16(3,4)5/h7-9H,1-6H3. The number of nitrogens with zero attached hydrogens (tertiary/aromatic N) is 2. The zero-order valence-corrected chi connectivity index (χ0v) is 15.4. The van der Waals surface area contributed by atoms with E-state index in [1.807, 2.05) is 6.92 Å². The van der Waals surface area contributed by atoms with Crippen molar-refractivity contribution in [2.75, 3.05) is 0 Å². The monoisotopic (exact) mass is 358 g/mol. The first-order chi connectivity index (χ1) is 10.8. The number of hydrogen-bond acceptors (Lipinski definition) is 1. The molecule has 0 fully saturated rings. The van der Waals surface area contributed by atoms with Crippen LogP contribution in [0.1, 0.15) is 37.5 Å². The van der Waals surface area contributed by atoms with Gasteiger partial charge in [0.2, 0.25) is 0 Å². The maximum atomic E-state index is 13.7. The molecule has 0 bridgehead atoms. The van der Waals surface area contributed by atoms with Crippen LogP contribution in [0.3, 0.4) is 0 Å². The van der Waals surface area contributed by atoms with Gasteiger partial charge in [-0.15, -0.1) is 0 Å². The van der Waals surface area contributed by atoms with E-state index in [4.69, 9.17) is 0 Å². The summed E-state index contributed by atoms with van der Waals surface area (Å²) in [6.07, 6.45) is -2.97. The number of alkyl halides is 3. The van der Waals surface area contributed by atoms with Gasteiger partial charge in [-0.05, 0) is 51.8 Å². The molecular weight excluding hydrogens is 337 g/mol. The summed E-state index contributed by atoms with van der Waals surface area (Å²) in [6, 6.07) is 3.35. The number of fused-ring (bicyclic) bond motifs is 1. The molecule has 3 nitrogen and oxygen atoms in total. The highest BCUT2D eigenvalue weighted by Gasteiger charge is 2.40. The second-order valence-electron chi connectivity index (χ2n) is 6.87. The average molecular weight is 358 g/mol. The van der Waals surface area contributed by atoms with Crippen LogP contribution < -0.4 is 0 Å². The molecule has 1 unspecified atom stereocenters. The lowest BCUT2D eigenvalue weighted by Gasteiger charge is -2.19. The van der Waals surface area contributed by atoms with Gasteiger partial charge in [-0.2, -0.15) is 17.6 Å². The van der Waals surface area contributed by atoms with Gasteiger partial charge in [0.15, 0.2) is 5.71 Å². The highest BCUT2D eigenvalue weighted by atomic mass is 32.2. The van der Waals surface area contributed by atoms with Gasteiger partial charge in [-0.3, -0.25) is 0 Å². The predicted octanol–water partition coefficient (Wildman–Crippen LogP) is 4.61. The van der Waals surface area contributed by atoms with E-state index in [1.54, 1.807) is 57.6 Å². The summed E-state index contributed by atoms with van der Waals surface area (Å²) in [4.78, 5) is 0. The fraction of sp³-hybridized carbons (Fsp3) is 0.471. The third-order valence-corrected chi connectivity index (χ3v) is 5.14.